The third kappa shape index (κ3) is 6.85. The second-order valence-corrected chi connectivity index (χ2v) is 13.1. The van der Waals surface area contributed by atoms with Crippen molar-refractivity contribution < 1.29 is 13.3 Å². The zero-order chi connectivity index (χ0) is 23.3. The summed E-state index contributed by atoms with van der Waals surface area (Å²) in [5.74, 6) is 0.837. The van der Waals surface area contributed by atoms with E-state index in [2.05, 4.69) is 86.2 Å². The third-order valence-corrected chi connectivity index (χ3v) is 8.04. The zero-order valence-corrected chi connectivity index (χ0v) is 22.4. The molecule has 31 heavy (non-hydrogen) atoms. The van der Waals surface area contributed by atoms with Crippen LogP contribution in [0.5, 0.6) is 5.75 Å². The Morgan fingerprint density at radius 1 is 0.806 bits per heavy atom. The molecule has 0 aliphatic rings. The fraction of sp³-hybridized carbons (Fsp3) is 0.538. The minimum Gasteiger partial charge on any atom is -0.497 e. The van der Waals surface area contributed by atoms with Crippen molar-refractivity contribution in [3.63, 3.8) is 0 Å². The Hall–Kier alpha value is -1.27. The van der Waals surface area contributed by atoms with Gasteiger partial charge in [0.2, 0.25) is 0 Å². The van der Waals surface area contributed by atoms with Gasteiger partial charge < -0.3 is 13.3 Å². The van der Waals surface area contributed by atoms with Gasteiger partial charge in [0.05, 0.1) is 0 Å². The van der Waals surface area contributed by atoms with Gasteiger partial charge in [-0.2, -0.15) is 0 Å². The van der Waals surface area contributed by atoms with E-state index < -0.39 is 8.80 Å². The first-order valence-electron chi connectivity index (χ1n) is 11.3. The number of hydrogen-bond acceptors (Lipinski definition) is 4. The average molecular weight is 461 g/mol. The highest BCUT2D eigenvalue weighted by atomic mass is 32.1. The molecule has 0 aliphatic heterocycles. The lowest BCUT2D eigenvalue weighted by Crippen LogP contribution is -2.60. The highest BCUT2D eigenvalue weighted by Crippen LogP contribution is 2.37. The molecule has 0 amide bonds. The molecule has 0 aliphatic carbocycles. The SMILES string of the molecule is CCCO[Si](OCCC)(Oc1ccc(C(C)(C)C)cc1C(C)(C)C)c1cccc(S)c1. The Morgan fingerprint density at radius 3 is 1.90 bits per heavy atom. The van der Waals surface area contributed by atoms with E-state index in [1.165, 1.54) is 11.1 Å². The van der Waals surface area contributed by atoms with Crippen molar-refractivity contribution in [1.29, 1.82) is 0 Å². The minimum atomic E-state index is -3.21. The van der Waals surface area contributed by atoms with E-state index >= 15 is 0 Å². The van der Waals surface area contributed by atoms with Crippen LogP contribution in [0.15, 0.2) is 47.4 Å². The first-order valence-corrected chi connectivity index (χ1v) is 13.5. The molecule has 2 aromatic carbocycles. The van der Waals surface area contributed by atoms with Gasteiger partial charge in [0.15, 0.2) is 0 Å². The monoisotopic (exact) mass is 460 g/mol. The van der Waals surface area contributed by atoms with Crippen molar-refractivity contribution in [1.82, 2.24) is 0 Å². The van der Waals surface area contributed by atoms with Crippen LogP contribution in [-0.2, 0) is 19.7 Å². The highest BCUT2D eigenvalue weighted by Gasteiger charge is 2.47. The van der Waals surface area contributed by atoms with Gasteiger partial charge in [-0.15, -0.1) is 12.6 Å². The van der Waals surface area contributed by atoms with Gasteiger partial charge in [-0.25, -0.2) is 0 Å². The standard InChI is InChI=1S/C26H40O3SSi/c1-9-16-27-31(28-17-10-2,22-13-11-12-21(30)19-22)29-24-15-14-20(25(3,4)5)18-23(24)26(6,7)8/h11-15,18-19,30H,9-10,16-17H2,1-8H3. The topological polar surface area (TPSA) is 27.7 Å². The Balaban J connectivity index is 2.65. The number of thiol groups is 1. The van der Waals surface area contributed by atoms with Crippen LogP contribution in [0.2, 0.25) is 0 Å². The Bertz CT molecular complexity index is 844. The van der Waals surface area contributed by atoms with E-state index in [0.29, 0.717) is 13.2 Å². The van der Waals surface area contributed by atoms with Crippen molar-refractivity contribution in [2.45, 2.75) is 84.0 Å². The summed E-state index contributed by atoms with van der Waals surface area (Å²) in [6.07, 6.45) is 1.78. The van der Waals surface area contributed by atoms with E-state index in [9.17, 15) is 0 Å². The molecule has 0 N–H and O–H groups in total. The van der Waals surface area contributed by atoms with E-state index in [1.54, 1.807) is 0 Å². The van der Waals surface area contributed by atoms with E-state index in [1.807, 2.05) is 24.3 Å². The molecule has 0 heterocycles. The van der Waals surface area contributed by atoms with Crippen LogP contribution >= 0.6 is 12.6 Å². The lowest BCUT2D eigenvalue weighted by Gasteiger charge is -2.34. The van der Waals surface area contributed by atoms with Gasteiger partial charge >= 0.3 is 8.80 Å². The van der Waals surface area contributed by atoms with Gasteiger partial charge in [0.25, 0.3) is 0 Å². The van der Waals surface area contributed by atoms with Gasteiger partial charge in [0, 0.05) is 23.3 Å². The van der Waals surface area contributed by atoms with Crippen LogP contribution in [0, 0.1) is 0 Å². The normalized spacial score (nSPS) is 12.8. The van der Waals surface area contributed by atoms with Crippen LogP contribution in [0.25, 0.3) is 0 Å². The van der Waals surface area contributed by atoms with E-state index in [-0.39, 0.29) is 10.8 Å². The van der Waals surface area contributed by atoms with E-state index in [4.69, 9.17) is 13.3 Å². The summed E-state index contributed by atoms with van der Waals surface area (Å²) in [5.41, 5.74) is 2.43. The summed E-state index contributed by atoms with van der Waals surface area (Å²) in [5, 5.41) is 0.946. The van der Waals surface area contributed by atoms with Crippen molar-refractivity contribution in [3.05, 3.63) is 53.6 Å². The molecule has 0 saturated heterocycles. The fourth-order valence-electron chi connectivity index (χ4n) is 3.31. The predicted molar refractivity (Wildman–Crippen MR) is 136 cm³/mol. The molecule has 0 saturated carbocycles. The molecule has 0 unspecified atom stereocenters. The summed E-state index contributed by atoms with van der Waals surface area (Å²) in [4.78, 5) is 0.872. The maximum atomic E-state index is 6.83. The molecule has 0 fully saturated rings. The molecule has 0 spiro atoms. The first kappa shape index (κ1) is 26.0. The molecule has 0 aromatic heterocycles. The fourth-order valence-corrected chi connectivity index (χ4v) is 6.36. The summed E-state index contributed by atoms with van der Waals surface area (Å²) in [7, 11) is -3.21. The molecule has 0 radical (unpaired) electrons. The molecule has 2 aromatic rings. The van der Waals surface area contributed by atoms with Gasteiger partial charge in [-0.3, -0.25) is 0 Å². The second-order valence-electron chi connectivity index (χ2n) is 10.1. The van der Waals surface area contributed by atoms with Crippen LogP contribution < -0.4 is 9.61 Å². The summed E-state index contributed by atoms with van der Waals surface area (Å²) < 4.78 is 19.7. The molecule has 2 rings (SSSR count). The van der Waals surface area contributed by atoms with E-state index in [0.717, 1.165) is 28.7 Å². The Kier molecular flexibility index (Phi) is 8.85. The van der Waals surface area contributed by atoms with Crippen LogP contribution in [0.4, 0.5) is 0 Å². The number of hydrogen-bond donors (Lipinski definition) is 1. The molecule has 3 nitrogen and oxygen atoms in total. The van der Waals surface area contributed by atoms with Crippen LogP contribution in [0.3, 0.4) is 0 Å². The van der Waals surface area contributed by atoms with Crippen molar-refractivity contribution in [3.8, 4) is 5.75 Å². The molecule has 0 bridgehead atoms. The number of rotatable bonds is 9. The summed E-state index contributed by atoms with van der Waals surface area (Å²) >= 11 is 4.56. The van der Waals surface area contributed by atoms with Crippen molar-refractivity contribution in [2.75, 3.05) is 13.2 Å². The Labute approximate surface area is 196 Å². The smallest absolute Gasteiger partial charge is 0.497 e. The molecule has 0 atom stereocenters. The highest BCUT2D eigenvalue weighted by molar-refractivity contribution is 7.80. The second kappa shape index (κ2) is 10.6. The predicted octanol–water partition coefficient (Wildman–Crippen LogP) is 6.65. The quantitative estimate of drug-likeness (QED) is 0.335. The maximum absolute atomic E-state index is 6.83. The lowest BCUT2D eigenvalue weighted by molar-refractivity contribution is 0.119. The lowest BCUT2D eigenvalue weighted by atomic mass is 9.80. The first-order chi connectivity index (χ1) is 14.4. The van der Waals surface area contributed by atoms with Crippen molar-refractivity contribution >= 4 is 26.6 Å². The van der Waals surface area contributed by atoms with Gasteiger partial charge in [-0.1, -0.05) is 79.7 Å². The zero-order valence-electron chi connectivity index (χ0n) is 20.5. The average Bonchev–Trinajstić information content (AvgIpc) is 2.68. The molecular formula is C26H40O3SSi. The molecule has 172 valence electrons. The van der Waals surface area contributed by atoms with Crippen molar-refractivity contribution in [2.24, 2.45) is 0 Å². The summed E-state index contributed by atoms with van der Waals surface area (Å²) in [6.45, 7) is 18.7. The summed E-state index contributed by atoms with van der Waals surface area (Å²) in [6, 6.07) is 14.5. The molecule has 5 heteroatoms. The van der Waals surface area contributed by atoms with Gasteiger partial charge in [0.1, 0.15) is 5.75 Å². The maximum Gasteiger partial charge on any atom is 0.602 e. The Morgan fingerprint density at radius 2 is 1.42 bits per heavy atom. The molecular weight excluding hydrogens is 420 g/mol. The minimum absolute atomic E-state index is 0.0603. The third-order valence-electron chi connectivity index (χ3n) is 5.09. The van der Waals surface area contributed by atoms with Crippen LogP contribution in [-0.4, -0.2) is 22.0 Å². The number of benzene rings is 2. The van der Waals surface area contributed by atoms with Gasteiger partial charge in [-0.05, 0) is 53.0 Å². The van der Waals surface area contributed by atoms with Crippen LogP contribution in [0.1, 0.15) is 79.4 Å². The largest absolute Gasteiger partial charge is 0.602 e.